The molecule has 0 fully saturated rings. The van der Waals surface area contributed by atoms with Crippen molar-refractivity contribution >= 4 is 23.0 Å². The van der Waals surface area contributed by atoms with Gasteiger partial charge < -0.3 is 10.6 Å². The molecule has 4 nitrogen and oxygen atoms in total. The summed E-state index contributed by atoms with van der Waals surface area (Å²) in [5, 5.41) is 5.19. The molecule has 0 radical (unpaired) electrons. The standard InChI is InChI=1S/C19H13F4N3O/c20-15-6-1-2-7-16(15)26-18(27)17-9-8-14(11-24-17)25-13-5-3-4-12(10-13)19(21,22)23/h1-11,25H,(H,26,27). The fourth-order valence-electron chi connectivity index (χ4n) is 2.29. The predicted octanol–water partition coefficient (Wildman–Crippen LogP) is 5.24. The molecule has 27 heavy (non-hydrogen) atoms. The summed E-state index contributed by atoms with van der Waals surface area (Å²) in [7, 11) is 0. The summed E-state index contributed by atoms with van der Waals surface area (Å²) in [6.07, 6.45) is -3.14. The lowest BCUT2D eigenvalue weighted by Gasteiger charge is -2.11. The number of nitrogens with zero attached hydrogens (tertiary/aromatic N) is 1. The summed E-state index contributed by atoms with van der Waals surface area (Å²) in [5.74, 6) is -1.18. The number of carbonyl (C=O) groups is 1. The van der Waals surface area contributed by atoms with E-state index in [1.807, 2.05) is 0 Å². The molecule has 0 atom stereocenters. The van der Waals surface area contributed by atoms with Gasteiger partial charge in [-0.25, -0.2) is 9.37 Å². The van der Waals surface area contributed by atoms with Crippen molar-refractivity contribution in [3.63, 3.8) is 0 Å². The lowest BCUT2D eigenvalue weighted by atomic mass is 10.2. The Morgan fingerprint density at radius 2 is 1.70 bits per heavy atom. The molecule has 0 spiro atoms. The van der Waals surface area contributed by atoms with Crippen molar-refractivity contribution in [2.45, 2.75) is 6.18 Å². The summed E-state index contributed by atoms with van der Waals surface area (Å²) in [6, 6.07) is 13.3. The average Bonchev–Trinajstić information content (AvgIpc) is 2.64. The zero-order valence-electron chi connectivity index (χ0n) is 13.7. The van der Waals surface area contributed by atoms with Gasteiger partial charge in [0.05, 0.1) is 23.1 Å². The van der Waals surface area contributed by atoms with E-state index in [2.05, 4.69) is 15.6 Å². The number of para-hydroxylation sites is 1. The lowest BCUT2D eigenvalue weighted by Crippen LogP contribution is -2.14. The molecular formula is C19H13F4N3O. The van der Waals surface area contributed by atoms with E-state index in [4.69, 9.17) is 0 Å². The van der Waals surface area contributed by atoms with Crippen LogP contribution in [-0.2, 0) is 6.18 Å². The third-order valence-electron chi connectivity index (χ3n) is 3.60. The van der Waals surface area contributed by atoms with Crippen LogP contribution in [0.25, 0.3) is 0 Å². The summed E-state index contributed by atoms with van der Waals surface area (Å²) in [5.41, 5.74) is -0.0865. The van der Waals surface area contributed by atoms with E-state index >= 15 is 0 Å². The highest BCUT2D eigenvalue weighted by atomic mass is 19.4. The highest BCUT2D eigenvalue weighted by Crippen LogP contribution is 2.31. The molecule has 0 aliphatic heterocycles. The minimum Gasteiger partial charge on any atom is -0.354 e. The monoisotopic (exact) mass is 375 g/mol. The fourth-order valence-corrected chi connectivity index (χ4v) is 2.29. The van der Waals surface area contributed by atoms with Gasteiger partial charge in [-0.05, 0) is 42.5 Å². The van der Waals surface area contributed by atoms with Crippen LogP contribution >= 0.6 is 0 Å². The molecule has 1 heterocycles. The number of alkyl halides is 3. The molecule has 0 aliphatic rings. The molecule has 0 unspecified atom stereocenters. The lowest BCUT2D eigenvalue weighted by molar-refractivity contribution is -0.137. The van der Waals surface area contributed by atoms with Gasteiger partial charge in [0.2, 0.25) is 0 Å². The molecule has 0 bridgehead atoms. The number of nitrogens with one attached hydrogen (secondary N) is 2. The number of aromatic nitrogens is 1. The predicted molar refractivity (Wildman–Crippen MR) is 93.3 cm³/mol. The van der Waals surface area contributed by atoms with Crippen LogP contribution in [-0.4, -0.2) is 10.9 Å². The summed E-state index contributed by atoms with van der Waals surface area (Å²) in [4.78, 5) is 16.1. The number of halogens is 4. The molecule has 3 rings (SSSR count). The first kappa shape index (κ1) is 18.4. The summed E-state index contributed by atoms with van der Waals surface area (Å²) in [6.45, 7) is 0. The van der Waals surface area contributed by atoms with Crippen molar-refractivity contribution in [1.82, 2.24) is 4.98 Å². The van der Waals surface area contributed by atoms with Crippen molar-refractivity contribution in [2.24, 2.45) is 0 Å². The van der Waals surface area contributed by atoms with Gasteiger partial charge in [-0.2, -0.15) is 13.2 Å². The van der Waals surface area contributed by atoms with Gasteiger partial charge in [-0.3, -0.25) is 4.79 Å². The van der Waals surface area contributed by atoms with Crippen molar-refractivity contribution in [1.29, 1.82) is 0 Å². The molecule has 0 aliphatic carbocycles. The summed E-state index contributed by atoms with van der Waals surface area (Å²) < 4.78 is 51.8. The zero-order chi connectivity index (χ0) is 19.4. The number of anilines is 3. The van der Waals surface area contributed by atoms with Crippen LogP contribution in [0.5, 0.6) is 0 Å². The van der Waals surface area contributed by atoms with E-state index in [1.54, 1.807) is 6.07 Å². The van der Waals surface area contributed by atoms with Crippen molar-refractivity contribution < 1.29 is 22.4 Å². The molecule has 1 amide bonds. The highest BCUT2D eigenvalue weighted by molar-refractivity contribution is 6.03. The van der Waals surface area contributed by atoms with Crippen LogP contribution in [0.15, 0.2) is 66.9 Å². The van der Waals surface area contributed by atoms with E-state index in [0.717, 1.165) is 12.1 Å². The maximum atomic E-state index is 13.6. The van der Waals surface area contributed by atoms with Crippen molar-refractivity contribution in [2.75, 3.05) is 10.6 Å². The first-order chi connectivity index (χ1) is 12.8. The Morgan fingerprint density at radius 1 is 0.926 bits per heavy atom. The quantitative estimate of drug-likeness (QED) is 0.614. The minimum atomic E-state index is -4.44. The number of amides is 1. The Bertz CT molecular complexity index is 956. The first-order valence-corrected chi connectivity index (χ1v) is 7.79. The Morgan fingerprint density at radius 3 is 2.37 bits per heavy atom. The van der Waals surface area contributed by atoms with E-state index in [-0.39, 0.29) is 17.1 Å². The minimum absolute atomic E-state index is 0.0236. The second kappa shape index (κ2) is 7.45. The largest absolute Gasteiger partial charge is 0.416 e. The SMILES string of the molecule is O=C(Nc1ccccc1F)c1ccc(Nc2cccc(C(F)(F)F)c2)cn1. The van der Waals surface area contributed by atoms with Crippen LogP contribution in [0.2, 0.25) is 0 Å². The number of hydrogen-bond acceptors (Lipinski definition) is 3. The second-order valence-corrected chi connectivity index (χ2v) is 5.57. The van der Waals surface area contributed by atoms with E-state index in [1.165, 1.54) is 48.7 Å². The van der Waals surface area contributed by atoms with Gasteiger partial charge >= 0.3 is 6.18 Å². The number of pyridine rings is 1. The Kier molecular flexibility index (Phi) is 5.07. The normalized spacial score (nSPS) is 11.1. The maximum absolute atomic E-state index is 13.6. The smallest absolute Gasteiger partial charge is 0.354 e. The van der Waals surface area contributed by atoms with E-state index < -0.39 is 23.5 Å². The van der Waals surface area contributed by atoms with Crippen molar-refractivity contribution in [3.8, 4) is 0 Å². The van der Waals surface area contributed by atoms with Gasteiger partial charge in [0.1, 0.15) is 11.5 Å². The van der Waals surface area contributed by atoms with Gasteiger partial charge in [0.25, 0.3) is 5.91 Å². The average molecular weight is 375 g/mol. The third-order valence-corrected chi connectivity index (χ3v) is 3.60. The van der Waals surface area contributed by atoms with Crippen molar-refractivity contribution in [3.05, 3.63) is 83.9 Å². The Hall–Kier alpha value is -3.42. The van der Waals surface area contributed by atoms with Crippen LogP contribution < -0.4 is 10.6 Å². The van der Waals surface area contributed by atoms with Crippen LogP contribution in [0.4, 0.5) is 34.6 Å². The zero-order valence-corrected chi connectivity index (χ0v) is 13.7. The molecule has 138 valence electrons. The molecular weight excluding hydrogens is 362 g/mol. The maximum Gasteiger partial charge on any atom is 0.416 e. The van der Waals surface area contributed by atoms with E-state index in [9.17, 15) is 22.4 Å². The second-order valence-electron chi connectivity index (χ2n) is 5.57. The third kappa shape index (κ3) is 4.60. The molecule has 3 aromatic rings. The van der Waals surface area contributed by atoms with Crippen LogP contribution in [0.3, 0.4) is 0 Å². The van der Waals surface area contributed by atoms with Gasteiger partial charge in [0.15, 0.2) is 0 Å². The highest BCUT2D eigenvalue weighted by Gasteiger charge is 2.30. The summed E-state index contributed by atoms with van der Waals surface area (Å²) >= 11 is 0. The molecule has 1 aromatic heterocycles. The molecule has 0 saturated heterocycles. The van der Waals surface area contributed by atoms with Crippen LogP contribution in [0, 0.1) is 5.82 Å². The number of hydrogen-bond donors (Lipinski definition) is 2. The van der Waals surface area contributed by atoms with Gasteiger partial charge in [-0.1, -0.05) is 18.2 Å². The van der Waals surface area contributed by atoms with Gasteiger partial charge in [-0.15, -0.1) is 0 Å². The molecule has 8 heteroatoms. The Balaban J connectivity index is 1.70. The van der Waals surface area contributed by atoms with Crippen LogP contribution in [0.1, 0.15) is 16.1 Å². The topological polar surface area (TPSA) is 54.0 Å². The molecule has 0 saturated carbocycles. The number of rotatable bonds is 4. The number of carbonyl (C=O) groups excluding carboxylic acids is 1. The first-order valence-electron chi connectivity index (χ1n) is 7.79. The molecule has 2 aromatic carbocycles. The fraction of sp³-hybridized carbons (Fsp3) is 0.0526. The van der Waals surface area contributed by atoms with E-state index in [0.29, 0.717) is 5.69 Å². The molecule has 2 N–H and O–H groups in total. The number of benzene rings is 2. The van der Waals surface area contributed by atoms with Gasteiger partial charge in [0, 0.05) is 5.69 Å². The Labute approximate surface area is 151 Å².